The number of ether oxygens (including phenoxy) is 1. The highest BCUT2D eigenvalue weighted by molar-refractivity contribution is 5.27. The van der Waals surface area contributed by atoms with E-state index >= 15 is 0 Å². The fourth-order valence-corrected chi connectivity index (χ4v) is 2.69. The molecule has 1 atom stereocenters. The van der Waals surface area contributed by atoms with Crippen molar-refractivity contribution >= 4 is 0 Å². The molecule has 0 amide bonds. The number of rotatable bonds is 6. The van der Waals surface area contributed by atoms with E-state index in [-0.39, 0.29) is 0 Å². The third-order valence-electron chi connectivity index (χ3n) is 4.02. The minimum absolute atomic E-state index is 0.509. The fourth-order valence-electron chi connectivity index (χ4n) is 2.69. The summed E-state index contributed by atoms with van der Waals surface area (Å²) in [6, 6.07) is 9.14. The third-order valence-corrected chi connectivity index (χ3v) is 4.02. The predicted octanol–water partition coefficient (Wildman–Crippen LogP) is 3.22. The second kappa shape index (κ2) is 5.85. The Morgan fingerprint density at radius 3 is 2.61 bits per heavy atom. The molecule has 1 N–H and O–H groups in total. The molecule has 2 heteroatoms. The number of benzene rings is 1. The van der Waals surface area contributed by atoms with Gasteiger partial charge < -0.3 is 10.1 Å². The SMILES string of the molecule is c1cc(C2CC2)ccc1CNCCC1CCCO1. The van der Waals surface area contributed by atoms with E-state index in [9.17, 15) is 0 Å². The summed E-state index contributed by atoms with van der Waals surface area (Å²) in [4.78, 5) is 0. The Kier molecular flexibility index (Phi) is 3.96. The van der Waals surface area contributed by atoms with E-state index in [1.165, 1.54) is 36.8 Å². The molecule has 1 aromatic rings. The molecule has 2 nitrogen and oxygen atoms in total. The Hall–Kier alpha value is -0.860. The van der Waals surface area contributed by atoms with Gasteiger partial charge in [0.15, 0.2) is 0 Å². The molecule has 3 rings (SSSR count). The van der Waals surface area contributed by atoms with Gasteiger partial charge in [0.2, 0.25) is 0 Å². The summed E-state index contributed by atoms with van der Waals surface area (Å²) in [6.07, 6.45) is 6.93. The van der Waals surface area contributed by atoms with Crippen molar-refractivity contribution in [1.82, 2.24) is 5.32 Å². The fraction of sp³-hybridized carbons (Fsp3) is 0.625. The third kappa shape index (κ3) is 3.33. The van der Waals surface area contributed by atoms with Crippen LogP contribution in [0.3, 0.4) is 0 Å². The van der Waals surface area contributed by atoms with Crippen LogP contribution in [0.1, 0.15) is 49.1 Å². The van der Waals surface area contributed by atoms with Crippen LogP contribution in [0.25, 0.3) is 0 Å². The molecule has 1 unspecified atom stereocenters. The second-order valence-electron chi connectivity index (χ2n) is 5.62. The summed E-state index contributed by atoms with van der Waals surface area (Å²) in [5, 5.41) is 3.51. The summed E-state index contributed by atoms with van der Waals surface area (Å²) in [5.41, 5.74) is 2.92. The average molecular weight is 245 g/mol. The number of hydrogen-bond acceptors (Lipinski definition) is 2. The van der Waals surface area contributed by atoms with Gasteiger partial charge in [0.1, 0.15) is 0 Å². The van der Waals surface area contributed by atoms with Crippen LogP contribution in [-0.4, -0.2) is 19.3 Å². The predicted molar refractivity (Wildman–Crippen MR) is 73.7 cm³/mol. The van der Waals surface area contributed by atoms with E-state index in [0.29, 0.717) is 6.10 Å². The van der Waals surface area contributed by atoms with Gasteiger partial charge in [-0.05, 0) is 55.7 Å². The van der Waals surface area contributed by atoms with Crippen LogP contribution >= 0.6 is 0 Å². The maximum atomic E-state index is 5.61. The average Bonchev–Trinajstić information content (AvgIpc) is 3.13. The highest BCUT2D eigenvalue weighted by atomic mass is 16.5. The van der Waals surface area contributed by atoms with Gasteiger partial charge in [-0.15, -0.1) is 0 Å². The Bertz CT molecular complexity index is 363. The molecular formula is C16H23NO. The van der Waals surface area contributed by atoms with E-state index in [4.69, 9.17) is 4.74 Å². The van der Waals surface area contributed by atoms with Gasteiger partial charge in [-0.2, -0.15) is 0 Å². The van der Waals surface area contributed by atoms with Gasteiger partial charge in [-0.3, -0.25) is 0 Å². The first-order valence-electron chi connectivity index (χ1n) is 7.33. The number of hydrogen-bond donors (Lipinski definition) is 1. The first kappa shape index (κ1) is 12.2. The summed E-state index contributed by atoms with van der Waals surface area (Å²) in [7, 11) is 0. The molecular weight excluding hydrogens is 222 g/mol. The van der Waals surface area contributed by atoms with Gasteiger partial charge >= 0.3 is 0 Å². The van der Waals surface area contributed by atoms with Crippen LogP contribution in [0.5, 0.6) is 0 Å². The van der Waals surface area contributed by atoms with Crippen LogP contribution < -0.4 is 5.32 Å². The van der Waals surface area contributed by atoms with Crippen molar-refractivity contribution in [3.8, 4) is 0 Å². The largest absolute Gasteiger partial charge is 0.378 e. The van der Waals surface area contributed by atoms with E-state index in [0.717, 1.165) is 32.0 Å². The zero-order chi connectivity index (χ0) is 12.2. The number of nitrogens with one attached hydrogen (secondary N) is 1. The molecule has 2 aliphatic rings. The monoisotopic (exact) mass is 245 g/mol. The van der Waals surface area contributed by atoms with Gasteiger partial charge in [-0.25, -0.2) is 0 Å². The molecule has 2 fully saturated rings. The zero-order valence-electron chi connectivity index (χ0n) is 11.0. The molecule has 1 saturated heterocycles. The summed E-state index contributed by atoms with van der Waals surface area (Å²) >= 11 is 0. The molecule has 0 radical (unpaired) electrons. The van der Waals surface area contributed by atoms with Crippen molar-refractivity contribution in [2.24, 2.45) is 0 Å². The van der Waals surface area contributed by atoms with E-state index in [1.54, 1.807) is 0 Å². The molecule has 0 aromatic heterocycles. The minimum Gasteiger partial charge on any atom is -0.378 e. The Balaban J connectivity index is 1.36. The van der Waals surface area contributed by atoms with Crippen LogP contribution in [0.15, 0.2) is 24.3 Å². The van der Waals surface area contributed by atoms with E-state index in [2.05, 4.69) is 29.6 Å². The van der Waals surface area contributed by atoms with Gasteiger partial charge in [0, 0.05) is 13.2 Å². The van der Waals surface area contributed by atoms with Crippen LogP contribution in [-0.2, 0) is 11.3 Å². The van der Waals surface area contributed by atoms with Crippen LogP contribution in [0.2, 0.25) is 0 Å². The lowest BCUT2D eigenvalue weighted by Crippen LogP contribution is -2.19. The first-order valence-corrected chi connectivity index (χ1v) is 7.33. The summed E-state index contributed by atoms with van der Waals surface area (Å²) in [6.45, 7) is 3.01. The van der Waals surface area contributed by atoms with Crippen molar-refractivity contribution in [3.05, 3.63) is 35.4 Å². The van der Waals surface area contributed by atoms with Gasteiger partial charge in [-0.1, -0.05) is 24.3 Å². The Morgan fingerprint density at radius 1 is 1.11 bits per heavy atom. The molecule has 1 aromatic carbocycles. The summed E-state index contributed by atoms with van der Waals surface area (Å²) < 4.78 is 5.61. The van der Waals surface area contributed by atoms with Crippen molar-refractivity contribution in [3.63, 3.8) is 0 Å². The molecule has 0 spiro atoms. The lowest BCUT2D eigenvalue weighted by Gasteiger charge is -2.10. The lowest BCUT2D eigenvalue weighted by atomic mass is 10.1. The first-order chi connectivity index (χ1) is 8.92. The van der Waals surface area contributed by atoms with Crippen molar-refractivity contribution in [2.45, 2.75) is 50.7 Å². The maximum absolute atomic E-state index is 5.61. The van der Waals surface area contributed by atoms with Crippen LogP contribution in [0, 0.1) is 0 Å². The molecule has 1 aliphatic heterocycles. The highest BCUT2D eigenvalue weighted by Crippen LogP contribution is 2.39. The van der Waals surface area contributed by atoms with Gasteiger partial charge in [0.05, 0.1) is 6.10 Å². The van der Waals surface area contributed by atoms with E-state index in [1.807, 2.05) is 0 Å². The zero-order valence-corrected chi connectivity index (χ0v) is 11.0. The standard InChI is InChI=1S/C16H23NO/c1-2-16(18-11-1)9-10-17-12-13-3-5-14(6-4-13)15-7-8-15/h3-6,15-17H,1-2,7-12H2. The van der Waals surface area contributed by atoms with Crippen molar-refractivity contribution in [1.29, 1.82) is 0 Å². The quantitative estimate of drug-likeness (QED) is 0.777. The summed E-state index contributed by atoms with van der Waals surface area (Å²) in [5.74, 6) is 0.867. The molecule has 18 heavy (non-hydrogen) atoms. The van der Waals surface area contributed by atoms with Gasteiger partial charge in [0.25, 0.3) is 0 Å². The van der Waals surface area contributed by atoms with E-state index < -0.39 is 0 Å². The van der Waals surface area contributed by atoms with Crippen LogP contribution in [0.4, 0.5) is 0 Å². The minimum atomic E-state index is 0.509. The molecule has 1 heterocycles. The lowest BCUT2D eigenvalue weighted by molar-refractivity contribution is 0.104. The second-order valence-corrected chi connectivity index (χ2v) is 5.62. The smallest absolute Gasteiger partial charge is 0.0588 e. The maximum Gasteiger partial charge on any atom is 0.0588 e. The Morgan fingerprint density at radius 2 is 1.94 bits per heavy atom. The highest BCUT2D eigenvalue weighted by Gasteiger charge is 2.22. The van der Waals surface area contributed by atoms with Crippen molar-refractivity contribution in [2.75, 3.05) is 13.2 Å². The molecule has 1 aliphatic carbocycles. The van der Waals surface area contributed by atoms with Crippen molar-refractivity contribution < 1.29 is 4.74 Å². The molecule has 1 saturated carbocycles. The molecule has 98 valence electrons. The topological polar surface area (TPSA) is 21.3 Å². The normalized spacial score (nSPS) is 23.4. The Labute approximate surface area is 110 Å². The molecule has 0 bridgehead atoms.